The normalized spacial score (nSPS) is 11.3. The molecule has 4 rings (SSSR count). The number of carbonyl (C=O) groups is 1. The minimum absolute atomic E-state index is 0.180. The molecule has 3 N–H and O–H groups in total. The number of fused-ring (bicyclic) bond motifs is 2. The molecule has 7 heteroatoms. The van der Waals surface area contributed by atoms with E-state index in [4.69, 9.17) is 5.73 Å². The first kappa shape index (κ1) is 17.4. The van der Waals surface area contributed by atoms with Gasteiger partial charge in [0.15, 0.2) is 5.65 Å². The molecule has 4 aromatic rings. The molecular formula is C21H18N6O. The SMILES string of the molecule is C=CCNC(=O)c1c(N)n(/N=C/c2ccccc2)c2nc3ccccc3nc12. The fourth-order valence-corrected chi connectivity index (χ4v) is 2.90. The van der Waals surface area contributed by atoms with Crippen LogP contribution in [0.3, 0.4) is 0 Å². The van der Waals surface area contributed by atoms with Crippen molar-refractivity contribution in [2.24, 2.45) is 5.10 Å². The van der Waals surface area contributed by atoms with Gasteiger partial charge in [-0.1, -0.05) is 48.5 Å². The molecule has 0 aliphatic heterocycles. The van der Waals surface area contributed by atoms with Crippen LogP contribution in [0.5, 0.6) is 0 Å². The van der Waals surface area contributed by atoms with E-state index in [1.165, 1.54) is 4.68 Å². The van der Waals surface area contributed by atoms with Gasteiger partial charge >= 0.3 is 0 Å². The number of hydrogen-bond donors (Lipinski definition) is 2. The van der Waals surface area contributed by atoms with Gasteiger partial charge in [0.25, 0.3) is 5.91 Å². The van der Waals surface area contributed by atoms with Gasteiger partial charge in [-0.05, 0) is 17.7 Å². The maximum absolute atomic E-state index is 12.7. The van der Waals surface area contributed by atoms with Gasteiger partial charge in [-0.15, -0.1) is 6.58 Å². The Balaban J connectivity index is 1.93. The number of benzene rings is 2. The van der Waals surface area contributed by atoms with Crippen LogP contribution in [-0.4, -0.2) is 33.3 Å². The highest BCUT2D eigenvalue weighted by molar-refractivity contribution is 6.10. The monoisotopic (exact) mass is 370 g/mol. The molecule has 2 aromatic carbocycles. The minimum Gasteiger partial charge on any atom is -0.383 e. The lowest BCUT2D eigenvalue weighted by atomic mass is 10.2. The maximum atomic E-state index is 12.7. The highest BCUT2D eigenvalue weighted by Gasteiger charge is 2.23. The predicted molar refractivity (Wildman–Crippen MR) is 111 cm³/mol. The molecule has 0 aliphatic rings. The van der Waals surface area contributed by atoms with Crippen molar-refractivity contribution in [1.82, 2.24) is 20.0 Å². The molecule has 0 saturated carbocycles. The third-order valence-electron chi connectivity index (χ3n) is 4.23. The second kappa shape index (κ2) is 7.32. The Kier molecular flexibility index (Phi) is 4.55. The fourth-order valence-electron chi connectivity index (χ4n) is 2.90. The van der Waals surface area contributed by atoms with Crippen LogP contribution >= 0.6 is 0 Å². The molecule has 2 heterocycles. The van der Waals surface area contributed by atoms with Gasteiger partial charge in [0.2, 0.25) is 0 Å². The zero-order valence-electron chi connectivity index (χ0n) is 15.0. The smallest absolute Gasteiger partial charge is 0.257 e. The van der Waals surface area contributed by atoms with Gasteiger partial charge in [0.1, 0.15) is 16.9 Å². The van der Waals surface area contributed by atoms with Crippen molar-refractivity contribution in [1.29, 1.82) is 0 Å². The Morgan fingerprint density at radius 2 is 1.79 bits per heavy atom. The summed E-state index contributed by atoms with van der Waals surface area (Å²) in [4.78, 5) is 22.0. The van der Waals surface area contributed by atoms with Crippen molar-refractivity contribution >= 4 is 40.1 Å². The first-order chi connectivity index (χ1) is 13.7. The van der Waals surface area contributed by atoms with Gasteiger partial charge in [-0.25, -0.2) is 9.97 Å². The molecule has 1 amide bonds. The molecule has 0 saturated heterocycles. The number of nitrogens with zero attached hydrogens (tertiary/aromatic N) is 4. The van der Waals surface area contributed by atoms with E-state index in [1.54, 1.807) is 12.3 Å². The summed E-state index contributed by atoms with van der Waals surface area (Å²) in [5, 5.41) is 7.21. The molecule has 2 aromatic heterocycles. The lowest BCUT2D eigenvalue weighted by Gasteiger charge is -2.02. The van der Waals surface area contributed by atoms with E-state index in [1.807, 2.05) is 54.6 Å². The number of carbonyl (C=O) groups excluding carboxylic acids is 1. The number of para-hydroxylation sites is 2. The Morgan fingerprint density at radius 1 is 1.11 bits per heavy atom. The summed E-state index contributed by atoms with van der Waals surface area (Å²) in [6, 6.07) is 17.0. The molecule has 0 atom stereocenters. The molecule has 0 spiro atoms. The van der Waals surface area contributed by atoms with Gasteiger partial charge in [-0.2, -0.15) is 9.78 Å². The molecule has 0 radical (unpaired) electrons. The van der Waals surface area contributed by atoms with E-state index >= 15 is 0 Å². The van der Waals surface area contributed by atoms with Gasteiger partial charge in [-0.3, -0.25) is 4.79 Å². The summed E-state index contributed by atoms with van der Waals surface area (Å²) in [5.41, 5.74) is 9.65. The van der Waals surface area contributed by atoms with E-state index in [9.17, 15) is 4.79 Å². The first-order valence-corrected chi connectivity index (χ1v) is 8.74. The predicted octanol–water partition coefficient (Wildman–Crippen LogP) is 2.96. The maximum Gasteiger partial charge on any atom is 0.257 e. The van der Waals surface area contributed by atoms with Crippen molar-refractivity contribution < 1.29 is 4.79 Å². The first-order valence-electron chi connectivity index (χ1n) is 8.74. The Bertz CT molecular complexity index is 1210. The van der Waals surface area contributed by atoms with Gasteiger partial charge in [0.05, 0.1) is 17.2 Å². The lowest BCUT2D eigenvalue weighted by molar-refractivity contribution is 0.0960. The Hall–Kier alpha value is -4.00. The molecule has 7 nitrogen and oxygen atoms in total. The third kappa shape index (κ3) is 3.09. The topological polar surface area (TPSA) is 98.2 Å². The number of rotatable bonds is 5. The molecule has 0 aliphatic carbocycles. The molecule has 138 valence electrons. The molecular weight excluding hydrogens is 352 g/mol. The molecule has 0 bridgehead atoms. The standard InChI is InChI=1S/C21H18N6O/c1-2-12-23-21(28)17-18-20(26-16-11-7-6-10-15(16)25-18)27(19(17)22)24-13-14-8-4-3-5-9-14/h2-11,13H,1,12,22H2,(H,23,28)/b24-13+. The van der Waals surface area contributed by atoms with Crippen LogP contribution in [0.1, 0.15) is 15.9 Å². The van der Waals surface area contributed by atoms with Gasteiger partial charge in [0, 0.05) is 6.54 Å². The average Bonchev–Trinajstić information content (AvgIpc) is 3.00. The highest BCUT2D eigenvalue weighted by atomic mass is 16.1. The van der Waals surface area contributed by atoms with Crippen LogP contribution in [0.2, 0.25) is 0 Å². The van der Waals surface area contributed by atoms with Crippen LogP contribution in [0, 0.1) is 0 Å². The van der Waals surface area contributed by atoms with Crippen LogP contribution in [0.15, 0.2) is 72.4 Å². The van der Waals surface area contributed by atoms with Crippen LogP contribution in [-0.2, 0) is 0 Å². The van der Waals surface area contributed by atoms with Crippen molar-refractivity contribution in [2.45, 2.75) is 0 Å². The van der Waals surface area contributed by atoms with E-state index in [0.717, 1.165) is 5.56 Å². The van der Waals surface area contributed by atoms with Gasteiger partial charge < -0.3 is 11.1 Å². The molecule has 28 heavy (non-hydrogen) atoms. The minimum atomic E-state index is -0.347. The highest BCUT2D eigenvalue weighted by Crippen LogP contribution is 2.27. The number of aromatic nitrogens is 3. The Morgan fingerprint density at radius 3 is 2.50 bits per heavy atom. The number of amides is 1. The van der Waals surface area contributed by atoms with Crippen LogP contribution < -0.4 is 11.1 Å². The second-order valence-corrected chi connectivity index (χ2v) is 6.11. The molecule has 0 fully saturated rings. The zero-order chi connectivity index (χ0) is 19.5. The number of nitrogens with one attached hydrogen (secondary N) is 1. The number of anilines is 1. The molecule has 0 unspecified atom stereocenters. The van der Waals surface area contributed by atoms with Crippen LogP contribution in [0.4, 0.5) is 5.82 Å². The number of hydrogen-bond acceptors (Lipinski definition) is 5. The number of nitrogen functional groups attached to an aromatic ring is 1. The summed E-state index contributed by atoms with van der Waals surface area (Å²) in [6.45, 7) is 3.94. The zero-order valence-corrected chi connectivity index (χ0v) is 15.0. The van der Waals surface area contributed by atoms with Crippen molar-refractivity contribution in [3.05, 3.63) is 78.4 Å². The van der Waals surface area contributed by atoms with E-state index in [2.05, 4.69) is 27.0 Å². The summed E-state index contributed by atoms with van der Waals surface area (Å²) in [6.07, 6.45) is 3.26. The van der Waals surface area contributed by atoms with E-state index < -0.39 is 0 Å². The summed E-state index contributed by atoms with van der Waals surface area (Å²) < 4.78 is 1.45. The largest absolute Gasteiger partial charge is 0.383 e. The van der Waals surface area contributed by atoms with Crippen molar-refractivity contribution in [3.63, 3.8) is 0 Å². The van der Waals surface area contributed by atoms with Crippen molar-refractivity contribution in [3.8, 4) is 0 Å². The quantitative estimate of drug-likeness (QED) is 0.417. The Labute approximate surface area is 161 Å². The average molecular weight is 370 g/mol. The second-order valence-electron chi connectivity index (χ2n) is 6.11. The summed E-state index contributed by atoms with van der Waals surface area (Å²) >= 11 is 0. The van der Waals surface area contributed by atoms with E-state index in [0.29, 0.717) is 28.7 Å². The summed E-state index contributed by atoms with van der Waals surface area (Å²) in [5.74, 6) is -0.167. The van der Waals surface area contributed by atoms with E-state index in [-0.39, 0.29) is 17.3 Å². The fraction of sp³-hybridized carbons (Fsp3) is 0.0476. The lowest BCUT2D eigenvalue weighted by Crippen LogP contribution is -2.24. The van der Waals surface area contributed by atoms with Crippen LogP contribution in [0.25, 0.3) is 22.2 Å². The number of nitrogens with two attached hydrogens (primary N) is 1. The summed E-state index contributed by atoms with van der Waals surface area (Å²) in [7, 11) is 0. The third-order valence-corrected chi connectivity index (χ3v) is 4.23. The van der Waals surface area contributed by atoms with Crippen molar-refractivity contribution in [2.75, 3.05) is 12.3 Å².